The maximum atomic E-state index is 12.2. The lowest BCUT2D eigenvalue weighted by molar-refractivity contribution is -0.384. The van der Waals surface area contributed by atoms with E-state index in [1.54, 1.807) is 0 Å². The van der Waals surface area contributed by atoms with Gasteiger partial charge in [-0.25, -0.2) is 4.57 Å². The van der Waals surface area contributed by atoms with E-state index in [9.17, 15) is 23.1 Å². The van der Waals surface area contributed by atoms with Crippen LogP contribution in [-0.4, -0.2) is 4.92 Å². The number of rotatable bonds is 2. The highest BCUT2D eigenvalue weighted by Crippen LogP contribution is 2.47. The first kappa shape index (κ1) is 9.80. The molecule has 0 aliphatic heterocycles. The van der Waals surface area contributed by atoms with Gasteiger partial charge < -0.3 is 0 Å². The summed E-state index contributed by atoms with van der Waals surface area (Å²) in [5.74, 6) is 0. The van der Waals surface area contributed by atoms with Gasteiger partial charge >= 0.3 is 7.76 Å². The molecule has 0 N–H and O–H groups in total. The van der Waals surface area contributed by atoms with Crippen LogP contribution in [0, 0.1) is 10.1 Å². The van der Waals surface area contributed by atoms with Gasteiger partial charge in [0, 0.05) is 12.1 Å². The minimum Gasteiger partial charge on any atom is -0.258 e. The first-order chi connectivity index (χ1) is 5.91. The van der Waals surface area contributed by atoms with Crippen LogP contribution in [0.1, 0.15) is 0 Å². The Balaban J connectivity index is 3.21. The van der Waals surface area contributed by atoms with E-state index < -0.39 is 23.7 Å². The van der Waals surface area contributed by atoms with E-state index in [-0.39, 0.29) is 0 Å². The molecular formula is C6H4F2NO3P. The Hall–Kier alpha value is -1.29. The minimum atomic E-state index is -5.39. The normalized spacial score (nSPS) is 11.2. The predicted octanol–water partition coefficient (Wildman–Crippen LogP) is 2.35. The van der Waals surface area contributed by atoms with Crippen LogP contribution in [0.2, 0.25) is 0 Å². The Kier molecular flexibility index (Phi) is 2.43. The van der Waals surface area contributed by atoms with Crippen molar-refractivity contribution in [3.63, 3.8) is 0 Å². The van der Waals surface area contributed by atoms with Gasteiger partial charge in [0.1, 0.15) is 0 Å². The van der Waals surface area contributed by atoms with Gasteiger partial charge in [0.05, 0.1) is 10.2 Å². The number of nitro groups is 1. The highest BCUT2D eigenvalue weighted by molar-refractivity contribution is 7.61. The molecule has 1 aromatic rings. The molecule has 0 fully saturated rings. The summed E-state index contributed by atoms with van der Waals surface area (Å²) in [6, 6.07) is 3.63. The average Bonchev–Trinajstić information content (AvgIpc) is 2.03. The molecule has 0 atom stereocenters. The molecule has 0 radical (unpaired) electrons. The molecule has 0 heterocycles. The van der Waals surface area contributed by atoms with Crippen molar-refractivity contribution in [2.24, 2.45) is 0 Å². The van der Waals surface area contributed by atoms with Gasteiger partial charge in [-0.1, -0.05) is 6.07 Å². The van der Waals surface area contributed by atoms with Crippen LogP contribution in [0.3, 0.4) is 0 Å². The summed E-state index contributed by atoms with van der Waals surface area (Å²) in [5, 5.41) is 9.36. The van der Waals surface area contributed by atoms with Crippen LogP contribution in [-0.2, 0) is 4.57 Å². The summed E-state index contributed by atoms with van der Waals surface area (Å²) < 4.78 is 34.7. The Bertz CT molecular complexity index is 389. The zero-order valence-corrected chi connectivity index (χ0v) is 7.08. The highest BCUT2D eigenvalue weighted by atomic mass is 31.2. The third-order valence-corrected chi connectivity index (χ3v) is 2.22. The molecule has 1 aromatic carbocycles. The summed E-state index contributed by atoms with van der Waals surface area (Å²) in [4.78, 5) is 9.33. The SMILES string of the molecule is O=[N+]([O-])c1cccc(P(=O)(F)F)c1. The lowest BCUT2D eigenvalue weighted by Crippen LogP contribution is -1.99. The predicted molar refractivity (Wildman–Crippen MR) is 42.6 cm³/mol. The number of nitrogens with zero attached hydrogens (tertiary/aromatic N) is 1. The lowest BCUT2D eigenvalue weighted by atomic mass is 10.3. The fourth-order valence-electron chi connectivity index (χ4n) is 0.769. The second-order valence-corrected chi connectivity index (χ2v) is 3.68. The van der Waals surface area contributed by atoms with Crippen LogP contribution in [0.5, 0.6) is 0 Å². The number of benzene rings is 1. The minimum absolute atomic E-state index is 0.493. The molecular weight excluding hydrogens is 203 g/mol. The van der Waals surface area contributed by atoms with Crippen molar-refractivity contribution in [2.75, 3.05) is 0 Å². The molecule has 13 heavy (non-hydrogen) atoms. The largest absolute Gasteiger partial charge is 0.433 e. The summed E-state index contributed by atoms with van der Waals surface area (Å²) >= 11 is 0. The van der Waals surface area contributed by atoms with Crippen LogP contribution >= 0.6 is 7.76 Å². The number of halogens is 2. The first-order valence-corrected chi connectivity index (χ1v) is 4.64. The van der Waals surface area contributed by atoms with Crippen molar-refractivity contribution in [1.29, 1.82) is 0 Å². The smallest absolute Gasteiger partial charge is 0.258 e. The molecule has 70 valence electrons. The van der Waals surface area contributed by atoms with E-state index in [0.717, 1.165) is 18.2 Å². The van der Waals surface area contributed by atoms with E-state index >= 15 is 0 Å². The van der Waals surface area contributed by atoms with Gasteiger partial charge in [-0.2, -0.15) is 0 Å². The second-order valence-electron chi connectivity index (χ2n) is 2.24. The Labute approximate surface area is 71.9 Å². The van der Waals surface area contributed by atoms with Gasteiger partial charge in [-0.3, -0.25) is 10.1 Å². The molecule has 0 spiro atoms. The lowest BCUT2D eigenvalue weighted by Gasteiger charge is -1.97. The van der Waals surface area contributed by atoms with E-state index in [0.29, 0.717) is 6.07 Å². The van der Waals surface area contributed by atoms with Crippen molar-refractivity contribution in [1.82, 2.24) is 0 Å². The number of hydrogen-bond donors (Lipinski definition) is 0. The molecule has 4 nitrogen and oxygen atoms in total. The summed E-state index contributed by atoms with van der Waals surface area (Å²) in [5.41, 5.74) is -0.493. The van der Waals surface area contributed by atoms with Crippen LogP contribution in [0.25, 0.3) is 0 Å². The van der Waals surface area contributed by atoms with Crippen molar-refractivity contribution in [3.05, 3.63) is 34.4 Å². The van der Waals surface area contributed by atoms with Crippen molar-refractivity contribution < 1.29 is 17.9 Å². The number of nitro benzene ring substituents is 1. The fraction of sp³-hybridized carbons (Fsp3) is 0. The van der Waals surface area contributed by atoms with Gasteiger partial charge in [0.15, 0.2) is 0 Å². The third kappa shape index (κ3) is 2.32. The monoisotopic (exact) mass is 207 g/mol. The molecule has 0 aliphatic carbocycles. The van der Waals surface area contributed by atoms with E-state index in [2.05, 4.69) is 0 Å². The average molecular weight is 207 g/mol. The topological polar surface area (TPSA) is 60.2 Å². The van der Waals surface area contributed by atoms with Crippen LogP contribution < -0.4 is 5.30 Å². The third-order valence-electron chi connectivity index (χ3n) is 1.34. The molecule has 0 aromatic heterocycles. The quantitative estimate of drug-likeness (QED) is 0.424. The molecule has 0 saturated carbocycles. The van der Waals surface area contributed by atoms with Crippen molar-refractivity contribution in [3.8, 4) is 0 Å². The van der Waals surface area contributed by atoms with Gasteiger partial charge in [0.2, 0.25) is 0 Å². The van der Waals surface area contributed by atoms with Crippen LogP contribution in [0.4, 0.5) is 14.1 Å². The second kappa shape index (κ2) is 3.22. The van der Waals surface area contributed by atoms with Gasteiger partial charge in [-0.05, 0) is 6.07 Å². The number of non-ortho nitro benzene ring substituents is 1. The molecule has 1 rings (SSSR count). The zero-order valence-electron chi connectivity index (χ0n) is 6.18. The molecule has 0 bridgehead atoms. The van der Waals surface area contributed by atoms with Gasteiger partial charge in [-0.15, -0.1) is 8.39 Å². The standard InChI is InChI=1S/C6H4F2NO3P/c7-13(8,12)6-3-1-2-5(4-6)9(10)11/h1-4H. The summed E-state index contributed by atoms with van der Waals surface area (Å²) in [6.07, 6.45) is 0. The van der Waals surface area contributed by atoms with Gasteiger partial charge in [0.25, 0.3) is 5.69 Å². The Morgan fingerprint density at radius 2 is 2.00 bits per heavy atom. The summed E-state index contributed by atoms with van der Waals surface area (Å²) in [6.45, 7) is 0. The maximum Gasteiger partial charge on any atom is 0.433 e. The summed E-state index contributed by atoms with van der Waals surface area (Å²) in [7, 11) is -5.39. The van der Waals surface area contributed by atoms with Crippen LogP contribution in [0.15, 0.2) is 24.3 Å². The number of hydrogen-bond acceptors (Lipinski definition) is 3. The first-order valence-electron chi connectivity index (χ1n) is 3.15. The van der Waals surface area contributed by atoms with Crippen molar-refractivity contribution in [2.45, 2.75) is 0 Å². The Morgan fingerprint density at radius 3 is 2.46 bits per heavy atom. The molecule has 7 heteroatoms. The van der Waals surface area contributed by atoms with Crippen molar-refractivity contribution >= 4 is 18.8 Å². The van der Waals surface area contributed by atoms with E-state index in [1.807, 2.05) is 0 Å². The maximum absolute atomic E-state index is 12.2. The molecule has 0 aliphatic rings. The fourth-order valence-corrected chi connectivity index (χ4v) is 1.31. The Morgan fingerprint density at radius 1 is 1.38 bits per heavy atom. The zero-order chi connectivity index (χ0) is 10.1. The van der Waals surface area contributed by atoms with E-state index in [1.165, 1.54) is 0 Å². The molecule has 0 amide bonds. The van der Waals surface area contributed by atoms with E-state index in [4.69, 9.17) is 0 Å². The molecule has 0 unspecified atom stereocenters. The molecule has 0 saturated heterocycles. The highest BCUT2D eigenvalue weighted by Gasteiger charge is 2.24.